The number of hydrogen-bond donors (Lipinski definition) is 3. The number of aryl methyl sites for hydroxylation is 1. The molecule has 3 rings (SSSR count). The van der Waals surface area contributed by atoms with Crippen LogP contribution in [0.1, 0.15) is 31.4 Å². The summed E-state index contributed by atoms with van der Waals surface area (Å²) in [4.78, 5) is 16.6. The van der Waals surface area contributed by atoms with Gasteiger partial charge in [-0.3, -0.25) is 0 Å². The maximum Gasteiger partial charge on any atom is 0.319 e. The number of hydrogen-bond acceptors (Lipinski definition) is 4. The van der Waals surface area contributed by atoms with Crippen molar-refractivity contribution < 1.29 is 9.90 Å². The SMILES string of the molecule is Cc1csc(-c2cccc(NC(=O)NC3CCC(O)CC3)c2)n1. The molecule has 1 heterocycles. The van der Waals surface area contributed by atoms with E-state index in [1.165, 1.54) is 0 Å². The topological polar surface area (TPSA) is 74.2 Å². The molecule has 0 radical (unpaired) electrons. The number of aliphatic hydroxyl groups is 1. The zero-order valence-electron chi connectivity index (χ0n) is 13.1. The maximum absolute atomic E-state index is 12.1. The summed E-state index contributed by atoms with van der Waals surface area (Å²) in [5.74, 6) is 0. The highest BCUT2D eigenvalue weighted by Crippen LogP contribution is 2.26. The van der Waals surface area contributed by atoms with E-state index in [1.807, 2.05) is 36.6 Å². The maximum atomic E-state index is 12.1. The largest absolute Gasteiger partial charge is 0.393 e. The van der Waals surface area contributed by atoms with Gasteiger partial charge in [0.2, 0.25) is 0 Å². The fourth-order valence-electron chi connectivity index (χ4n) is 2.79. The third kappa shape index (κ3) is 4.30. The van der Waals surface area contributed by atoms with Crippen LogP contribution in [0.15, 0.2) is 29.6 Å². The Morgan fingerprint density at radius 1 is 1.30 bits per heavy atom. The van der Waals surface area contributed by atoms with Crippen molar-refractivity contribution in [2.24, 2.45) is 0 Å². The van der Waals surface area contributed by atoms with E-state index in [0.29, 0.717) is 0 Å². The third-order valence-corrected chi connectivity index (χ3v) is 5.03. The highest BCUT2D eigenvalue weighted by atomic mass is 32.1. The van der Waals surface area contributed by atoms with Crippen LogP contribution in [0.25, 0.3) is 10.6 Å². The summed E-state index contributed by atoms with van der Waals surface area (Å²) in [6.07, 6.45) is 2.95. The van der Waals surface area contributed by atoms with Crippen LogP contribution >= 0.6 is 11.3 Å². The van der Waals surface area contributed by atoms with Gasteiger partial charge in [0.15, 0.2) is 0 Å². The number of carbonyl (C=O) groups is 1. The van der Waals surface area contributed by atoms with Gasteiger partial charge in [-0.05, 0) is 44.7 Å². The zero-order valence-corrected chi connectivity index (χ0v) is 13.9. The predicted molar refractivity (Wildman–Crippen MR) is 92.7 cm³/mol. The normalized spacial score (nSPS) is 21.0. The van der Waals surface area contributed by atoms with Crippen LogP contribution in [0, 0.1) is 6.92 Å². The molecule has 0 spiro atoms. The van der Waals surface area contributed by atoms with Crippen molar-refractivity contribution in [1.29, 1.82) is 0 Å². The first-order valence-corrected chi connectivity index (χ1v) is 8.76. The quantitative estimate of drug-likeness (QED) is 0.805. The summed E-state index contributed by atoms with van der Waals surface area (Å²) in [5.41, 5.74) is 2.76. The minimum absolute atomic E-state index is 0.142. The van der Waals surface area contributed by atoms with Gasteiger partial charge in [-0.15, -0.1) is 11.3 Å². The Hall–Kier alpha value is -1.92. The van der Waals surface area contributed by atoms with Gasteiger partial charge in [-0.2, -0.15) is 0 Å². The number of benzene rings is 1. The number of urea groups is 1. The van der Waals surface area contributed by atoms with Crippen LogP contribution in [0.3, 0.4) is 0 Å². The van der Waals surface area contributed by atoms with Crippen LogP contribution in [-0.2, 0) is 0 Å². The molecule has 0 atom stereocenters. The van der Waals surface area contributed by atoms with Crippen molar-refractivity contribution in [2.45, 2.75) is 44.8 Å². The Morgan fingerprint density at radius 3 is 2.78 bits per heavy atom. The van der Waals surface area contributed by atoms with Crippen LogP contribution in [0.4, 0.5) is 10.5 Å². The molecule has 1 aromatic heterocycles. The second-order valence-electron chi connectivity index (χ2n) is 5.98. The molecule has 2 amide bonds. The molecule has 1 saturated carbocycles. The summed E-state index contributed by atoms with van der Waals surface area (Å²) >= 11 is 1.60. The van der Waals surface area contributed by atoms with E-state index in [0.717, 1.165) is 47.6 Å². The summed E-state index contributed by atoms with van der Waals surface area (Å²) in [6.45, 7) is 1.97. The van der Waals surface area contributed by atoms with Crippen molar-refractivity contribution in [3.8, 4) is 10.6 Å². The molecule has 0 unspecified atom stereocenters. The molecule has 6 heteroatoms. The van der Waals surface area contributed by atoms with E-state index in [1.54, 1.807) is 11.3 Å². The molecule has 0 saturated heterocycles. The van der Waals surface area contributed by atoms with E-state index in [-0.39, 0.29) is 18.2 Å². The predicted octanol–water partition coefficient (Wildman–Crippen LogP) is 3.54. The Bertz CT molecular complexity index is 678. The average Bonchev–Trinajstić information content (AvgIpc) is 2.96. The van der Waals surface area contributed by atoms with Gasteiger partial charge < -0.3 is 15.7 Å². The third-order valence-electron chi connectivity index (χ3n) is 4.02. The Labute approximate surface area is 139 Å². The lowest BCUT2D eigenvalue weighted by Gasteiger charge is -2.26. The average molecular weight is 331 g/mol. The minimum Gasteiger partial charge on any atom is -0.393 e. The van der Waals surface area contributed by atoms with Gasteiger partial charge in [0.25, 0.3) is 0 Å². The summed E-state index contributed by atoms with van der Waals surface area (Å²) < 4.78 is 0. The summed E-state index contributed by atoms with van der Waals surface area (Å²) in [7, 11) is 0. The molecular weight excluding hydrogens is 310 g/mol. The minimum atomic E-state index is -0.213. The van der Waals surface area contributed by atoms with E-state index < -0.39 is 0 Å². The first-order chi connectivity index (χ1) is 11.1. The Morgan fingerprint density at radius 2 is 2.09 bits per heavy atom. The standard InChI is InChI=1S/C17H21N3O2S/c1-11-10-23-16(18-11)12-3-2-4-14(9-12)20-17(22)19-13-5-7-15(21)8-6-13/h2-4,9-10,13,15,21H,5-8H2,1H3,(H2,19,20,22). The smallest absolute Gasteiger partial charge is 0.319 e. The molecular formula is C17H21N3O2S. The lowest BCUT2D eigenvalue weighted by atomic mass is 9.93. The van der Waals surface area contributed by atoms with Gasteiger partial charge in [0.05, 0.1) is 6.10 Å². The van der Waals surface area contributed by atoms with E-state index in [2.05, 4.69) is 15.6 Å². The van der Waals surface area contributed by atoms with Gasteiger partial charge in [0, 0.05) is 28.4 Å². The molecule has 1 aliphatic rings. The van der Waals surface area contributed by atoms with Crippen molar-refractivity contribution in [3.63, 3.8) is 0 Å². The molecule has 0 bridgehead atoms. The number of anilines is 1. The lowest BCUT2D eigenvalue weighted by Crippen LogP contribution is -2.40. The van der Waals surface area contributed by atoms with Gasteiger partial charge in [-0.1, -0.05) is 12.1 Å². The van der Waals surface area contributed by atoms with Crippen molar-refractivity contribution in [3.05, 3.63) is 35.3 Å². The summed E-state index contributed by atoms with van der Waals surface area (Å²) in [6, 6.07) is 7.65. The molecule has 1 fully saturated rings. The van der Waals surface area contributed by atoms with E-state index in [4.69, 9.17) is 0 Å². The van der Waals surface area contributed by atoms with E-state index >= 15 is 0 Å². The summed E-state index contributed by atoms with van der Waals surface area (Å²) in [5, 5.41) is 18.3. The number of carbonyl (C=O) groups excluding carboxylic acids is 1. The second-order valence-corrected chi connectivity index (χ2v) is 6.84. The molecule has 122 valence electrons. The number of amides is 2. The fourth-order valence-corrected chi connectivity index (χ4v) is 3.58. The van der Waals surface area contributed by atoms with Gasteiger partial charge in [0.1, 0.15) is 5.01 Å². The molecule has 5 nitrogen and oxygen atoms in total. The van der Waals surface area contributed by atoms with E-state index in [9.17, 15) is 9.90 Å². The molecule has 0 aliphatic heterocycles. The monoisotopic (exact) mass is 331 g/mol. The molecule has 1 aromatic carbocycles. The van der Waals surface area contributed by atoms with Gasteiger partial charge >= 0.3 is 6.03 Å². The fraction of sp³-hybridized carbons (Fsp3) is 0.412. The highest BCUT2D eigenvalue weighted by molar-refractivity contribution is 7.13. The number of thiazole rings is 1. The number of rotatable bonds is 3. The van der Waals surface area contributed by atoms with Gasteiger partial charge in [-0.25, -0.2) is 9.78 Å². The number of aromatic nitrogens is 1. The van der Waals surface area contributed by atoms with Crippen molar-refractivity contribution >= 4 is 23.1 Å². The highest BCUT2D eigenvalue weighted by Gasteiger charge is 2.20. The Balaban J connectivity index is 1.60. The number of nitrogens with one attached hydrogen (secondary N) is 2. The number of aliphatic hydroxyl groups excluding tert-OH is 1. The second kappa shape index (κ2) is 7.10. The molecule has 2 aromatic rings. The molecule has 3 N–H and O–H groups in total. The first kappa shape index (κ1) is 16.0. The zero-order chi connectivity index (χ0) is 16.2. The number of nitrogens with zero attached hydrogens (tertiary/aromatic N) is 1. The van der Waals surface area contributed by atoms with Crippen LogP contribution in [0.2, 0.25) is 0 Å². The van der Waals surface area contributed by atoms with Crippen LogP contribution < -0.4 is 10.6 Å². The van der Waals surface area contributed by atoms with Crippen molar-refractivity contribution in [2.75, 3.05) is 5.32 Å². The molecule has 1 aliphatic carbocycles. The van der Waals surface area contributed by atoms with Crippen molar-refractivity contribution in [1.82, 2.24) is 10.3 Å². The molecule has 23 heavy (non-hydrogen) atoms. The Kier molecular flexibility index (Phi) is 4.93. The van der Waals surface area contributed by atoms with Crippen LogP contribution in [-0.4, -0.2) is 28.3 Å². The lowest BCUT2D eigenvalue weighted by molar-refractivity contribution is 0.118. The first-order valence-electron chi connectivity index (χ1n) is 7.88. The van der Waals surface area contributed by atoms with Crippen LogP contribution in [0.5, 0.6) is 0 Å².